The van der Waals surface area contributed by atoms with Crippen LogP contribution in [0.1, 0.15) is 16.1 Å². The molecule has 0 radical (unpaired) electrons. The largest absolute Gasteiger partial charge is 0.350 e. The molecule has 2 rings (SSSR count). The van der Waals surface area contributed by atoms with Crippen molar-refractivity contribution >= 4 is 29.0 Å². The average Bonchev–Trinajstić information content (AvgIpc) is 2.92. The molecule has 2 aromatic heterocycles. The van der Waals surface area contributed by atoms with E-state index in [1.54, 1.807) is 23.1 Å². The summed E-state index contributed by atoms with van der Waals surface area (Å²) in [4.78, 5) is 22.4. The molecule has 1 amide bonds. The number of thioether (sulfide) groups is 1. The number of nitrogens with zero attached hydrogens (tertiary/aromatic N) is 1. The molecule has 0 aliphatic carbocycles. The van der Waals surface area contributed by atoms with Crippen LogP contribution in [0.25, 0.3) is 0 Å². The van der Waals surface area contributed by atoms with Gasteiger partial charge in [-0.2, -0.15) is 28.2 Å². The highest BCUT2D eigenvalue weighted by molar-refractivity contribution is 7.98. The van der Waals surface area contributed by atoms with Crippen LogP contribution in [0.4, 0.5) is 0 Å². The van der Waals surface area contributed by atoms with E-state index in [9.17, 15) is 9.59 Å². The SMILES string of the molecule is O=C(NCCSCc1ccsc1)c1ccc(=O)[nH]n1. The zero-order valence-corrected chi connectivity index (χ0v) is 11.7. The highest BCUT2D eigenvalue weighted by atomic mass is 32.2. The summed E-state index contributed by atoms with van der Waals surface area (Å²) in [5.41, 5.74) is 1.22. The Morgan fingerprint density at radius 3 is 3.00 bits per heavy atom. The lowest BCUT2D eigenvalue weighted by Crippen LogP contribution is -2.27. The fourth-order valence-corrected chi connectivity index (χ4v) is 2.94. The van der Waals surface area contributed by atoms with Crippen LogP contribution < -0.4 is 10.9 Å². The second-order valence-electron chi connectivity index (χ2n) is 3.75. The van der Waals surface area contributed by atoms with Crippen molar-refractivity contribution in [3.8, 4) is 0 Å². The molecule has 19 heavy (non-hydrogen) atoms. The van der Waals surface area contributed by atoms with E-state index >= 15 is 0 Å². The smallest absolute Gasteiger partial charge is 0.271 e. The van der Waals surface area contributed by atoms with Gasteiger partial charge in [-0.25, -0.2) is 5.10 Å². The predicted octanol–water partition coefficient (Wildman–Crippen LogP) is 1.49. The van der Waals surface area contributed by atoms with Crippen molar-refractivity contribution in [2.24, 2.45) is 0 Å². The number of rotatable bonds is 6. The van der Waals surface area contributed by atoms with Gasteiger partial charge in [0.1, 0.15) is 5.69 Å². The van der Waals surface area contributed by atoms with Crippen molar-refractivity contribution in [2.45, 2.75) is 5.75 Å². The van der Waals surface area contributed by atoms with E-state index in [0.717, 1.165) is 11.5 Å². The Bertz CT molecular complexity index is 560. The molecule has 0 aliphatic rings. The molecule has 2 aromatic rings. The van der Waals surface area contributed by atoms with Gasteiger partial charge in [0.2, 0.25) is 0 Å². The topological polar surface area (TPSA) is 74.8 Å². The van der Waals surface area contributed by atoms with E-state index in [0.29, 0.717) is 6.54 Å². The van der Waals surface area contributed by atoms with Crippen LogP contribution in [-0.2, 0) is 5.75 Å². The molecule has 0 unspecified atom stereocenters. The van der Waals surface area contributed by atoms with E-state index in [4.69, 9.17) is 0 Å². The second kappa shape index (κ2) is 7.10. The minimum absolute atomic E-state index is 0.224. The standard InChI is InChI=1S/C12H13N3O2S2/c16-11-2-1-10(14-15-11)12(17)13-4-6-19-8-9-3-5-18-7-9/h1-3,5,7H,4,6,8H2,(H,13,17)(H,15,16). The van der Waals surface area contributed by atoms with Gasteiger partial charge in [0.25, 0.3) is 11.5 Å². The maximum atomic E-state index is 11.6. The number of H-pyrrole nitrogens is 1. The number of carbonyl (C=O) groups is 1. The molecule has 0 aromatic carbocycles. The first-order valence-electron chi connectivity index (χ1n) is 5.68. The molecule has 2 N–H and O–H groups in total. The molecular weight excluding hydrogens is 282 g/mol. The normalized spacial score (nSPS) is 10.3. The Kier molecular flexibility index (Phi) is 5.17. The predicted molar refractivity (Wildman–Crippen MR) is 77.7 cm³/mol. The third kappa shape index (κ3) is 4.53. The van der Waals surface area contributed by atoms with Crippen LogP contribution in [0.15, 0.2) is 33.8 Å². The molecule has 0 aliphatic heterocycles. The molecule has 7 heteroatoms. The third-order valence-corrected chi connectivity index (χ3v) is 4.05. The van der Waals surface area contributed by atoms with Gasteiger partial charge >= 0.3 is 0 Å². The van der Waals surface area contributed by atoms with E-state index in [1.165, 1.54) is 17.7 Å². The van der Waals surface area contributed by atoms with Crippen molar-refractivity contribution in [2.75, 3.05) is 12.3 Å². The van der Waals surface area contributed by atoms with Crippen LogP contribution in [-0.4, -0.2) is 28.4 Å². The minimum Gasteiger partial charge on any atom is -0.350 e. The van der Waals surface area contributed by atoms with Gasteiger partial charge in [-0.15, -0.1) is 0 Å². The molecular formula is C12H13N3O2S2. The van der Waals surface area contributed by atoms with Crippen molar-refractivity contribution < 1.29 is 4.79 Å². The Morgan fingerprint density at radius 1 is 1.42 bits per heavy atom. The van der Waals surface area contributed by atoms with Gasteiger partial charge in [0.15, 0.2) is 0 Å². The van der Waals surface area contributed by atoms with Gasteiger partial charge in [-0.05, 0) is 28.5 Å². The molecule has 0 bridgehead atoms. The number of amides is 1. The fourth-order valence-electron chi connectivity index (χ4n) is 1.36. The number of aromatic nitrogens is 2. The summed E-state index contributed by atoms with van der Waals surface area (Å²) < 4.78 is 0. The highest BCUT2D eigenvalue weighted by Crippen LogP contribution is 2.14. The summed E-state index contributed by atoms with van der Waals surface area (Å²) in [5, 5.41) is 12.8. The lowest BCUT2D eigenvalue weighted by molar-refractivity contribution is 0.0950. The van der Waals surface area contributed by atoms with Crippen LogP contribution in [0, 0.1) is 0 Å². The number of thiophene rings is 1. The highest BCUT2D eigenvalue weighted by Gasteiger charge is 2.05. The number of aromatic amines is 1. The van der Waals surface area contributed by atoms with Crippen LogP contribution in [0.2, 0.25) is 0 Å². The van der Waals surface area contributed by atoms with Crippen molar-refractivity contribution in [1.29, 1.82) is 0 Å². The first-order chi connectivity index (χ1) is 9.25. The van der Waals surface area contributed by atoms with E-state index in [2.05, 4.69) is 32.3 Å². The van der Waals surface area contributed by atoms with Gasteiger partial charge in [0.05, 0.1) is 0 Å². The summed E-state index contributed by atoms with van der Waals surface area (Å²) in [7, 11) is 0. The zero-order chi connectivity index (χ0) is 13.5. The van der Waals surface area contributed by atoms with Gasteiger partial charge in [0, 0.05) is 24.1 Å². The monoisotopic (exact) mass is 295 g/mol. The van der Waals surface area contributed by atoms with Gasteiger partial charge in [-0.1, -0.05) is 0 Å². The molecule has 0 saturated carbocycles. The van der Waals surface area contributed by atoms with Gasteiger partial charge in [-0.3, -0.25) is 9.59 Å². The molecule has 2 heterocycles. The summed E-state index contributed by atoms with van der Waals surface area (Å²) in [6, 6.07) is 4.79. The molecule has 0 spiro atoms. The molecule has 100 valence electrons. The number of hydrogen-bond acceptors (Lipinski definition) is 5. The molecule has 0 atom stereocenters. The van der Waals surface area contributed by atoms with Crippen LogP contribution >= 0.6 is 23.1 Å². The number of nitrogens with one attached hydrogen (secondary N) is 2. The van der Waals surface area contributed by atoms with E-state index < -0.39 is 0 Å². The zero-order valence-electron chi connectivity index (χ0n) is 10.1. The average molecular weight is 295 g/mol. The third-order valence-electron chi connectivity index (χ3n) is 2.29. The Morgan fingerprint density at radius 2 is 2.32 bits per heavy atom. The van der Waals surface area contributed by atoms with E-state index in [1.807, 2.05) is 0 Å². The Balaban J connectivity index is 1.66. The van der Waals surface area contributed by atoms with Crippen molar-refractivity contribution in [1.82, 2.24) is 15.5 Å². The van der Waals surface area contributed by atoms with Gasteiger partial charge < -0.3 is 5.32 Å². The first kappa shape index (κ1) is 13.8. The number of hydrogen-bond donors (Lipinski definition) is 2. The van der Waals surface area contributed by atoms with Crippen LogP contribution in [0.5, 0.6) is 0 Å². The molecule has 5 nitrogen and oxygen atoms in total. The lowest BCUT2D eigenvalue weighted by Gasteiger charge is -2.03. The number of carbonyl (C=O) groups excluding carboxylic acids is 1. The Hall–Kier alpha value is -1.60. The second-order valence-corrected chi connectivity index (χ2v) is 5.63. The molecule has 0 fully saturated rings. The lowest BCUT2D eigenvalue weighted by atomic mass is 10.4. The maximum Gasteiger partial charge on any atom is 0.271 e. The Labute approximate surface area is 118 Å². The first-order valence-corrected chi connectivity index (χ1v) is 7.78. The van der Waals surface area contributed by atoms with Crippen molar-refractivity contribution in [3.63, 3.8) is 0 Å². The summed E-state index contributed by atoms with van der Waals surface area (Å²) in [5.74, 6) is 1.52. The summed E-state index contributed by atoms with van der Waals surface area (Å²) in [6.45, 7) is 0.578. The van der Waals surface area contributed by atoms with Crippen molar-refractivity contribution in [3.05, 3.63) is 50.6 Å². The minimum atomic E-state index is -0.317. The van der Waals surface area contributed by atoms with E-state index in [-0.39, 0.29) is 17.2 Å². The van der Waals surface area contributed by atoms with Crippen LogP contribution in [0.3, 0.4) is 0 Å². The molecule has 0 saturated heterocycles. The maximum absolute atomic E-state index is 11.6. The summed E-state index contributed by atoms with van der Waals surface area (Å²) >= 11 is 3.45. The fraction of sp³-hybridized carbons (Fsp3) is 0.250. The summed E-state index contributed by atoms with van der Waals surface area (Å²) in [6.07, 6.45) is 0. The quantitative estimate of drug-likeness (QED) is 0.792.